The summed E-state index contributed by atoms with van der Waals surface area (Å²) in [6.45, 7) is 7.29. The highest BCUT2D eigenvalue weighted by molar-refractivity contribution is 5.73. The van der Waals surface area contributed by atoms with Gasteiger partial charge in [0.05, 0.1) is 0 Å². The molecule has 0 spiro atoms. The first kappa shape index (κ1) is 18.5. The van der Waals surface area contributed by atoms with Crippen molar-refractivity contribution in [2.45, 2.75) is 19.5 Å². The molecular weight excluding hydrogens is 304 g/mol. The number of amides is 2. The van der Waals surface area contributed by atoms with Gasteiger partial charge in [-0.3, -0.25) is 0 Å². The molecule has 1 fully saturated rings. The van der Waals surface area contributed by atoms with Crippen molar-refractivity contribution in [2.24, 2.45) is 0 Å². The number of rotatable bonds is 6. The third-order valence-corrected chi connectivity index (χ3v) is 4.53. The number of hydrogen-bond acceptors (Lipinski definition) is 5. The molecule has 2 heterocycles. The van der Waals surface area contributed by atoms with Crippen molar-refractivity contribution < 1.29 is 4.79 Å². The number of piperazine rings is 1. The second-order valence-electron chi connectivity index (χ2n) is 6.69. The number of likely N-dealkylation sites (N-methyl/N-ethyl adjacent to an activating group) is 2. The van der Waals surface area contributed by atoms with Crippen molar-refractivity contribution in [3.05, 3.63) is 23.9 Å². The number of pyridine rings is 1. The maximum atomic E-state index is 11.9. The minimum atomic E-state index is -0.137. The average Bonchev–Trinajstić information content (AvgIpc) is 2.58. The van der Waals surface area contributed by atoms with Gasteiger partial charge in [0.1, 0.15) is 5.82 Å². The van der Waals surface area contributed by atoms with Crippen molar-refractivity contribution in [3.8, 4) is 0 Å². The van der Waals surface area contributed by atoms with Crippen LogP contribution in [0, 0.1) is 0 Å². The number of nitrogens with one attached hydrogen (secondary N) is 2. The Bertz CT molecular complexity index is 528. The highest BCUT2D eigenvalue weighted by Gasteiger charge is 2.15. The van der Waals surface area contributed by atoms with E-state index in [2.05, 4.69) is 50.4 Å². The Morgan fingerprint density at radius 1 is 1.29 bits per heavy atom. The van der Waals surface area contributed by atoms with Crippen molar-refractivity contribution in [1.82, 2.24) is 25.4 Å². The minimum Gasteiger partial charge on any atom is -0.354 e. The van der Waals surface area contributed by atoms with Gasteiger partial charge in [-0.2, -0.15) is 0 Å². The Labute approximate surface area is 145 Å². The summed E-state index contributed by atoms with van der Waals surface area (Å²) in [4.78, 5) is 23.1. The zero-order valence-electron chi connectivity index (χ0n) is 15.2. The summed E-state index contributed by atoms with van der Waals surface area (Å²) in [6, 6.07) is 4.18. The van der Waals surface area contributed by atoms with Gasteiger partial charge in [0.2, 0.25) is 0 Å². The number of aromatic nitrogens is 1. The zero-order chi connectivity index (χ0) is 17.5. The van der Waals surface area contributed by atoms with E-state index in [1.807, 2.05) is 26.4 Å². The van der Waals surface area contributed by atoms with E-state index < -0.39 is 0 Å². The number of carbonyl (C=O) groups is 1. The molecule has 0 aliphatic carbocycles. The van der Waals surface area contributed by atoms with Crippen LogP contribution in [0.5, 0.6) is 0 Å². The fourth-order valence-corrected chi connectivity index (χ4v) is 2.45. The van der Waals surface area contributed by atoms with Crippen molar-refractivity contribution in [2.75, 3.05) is 58.8 Å². The van der Waals surface area contributed by atoms with Gasteiger partial charge in [-0.25, -0.2) is 9.78 Å². The van der Waals surface area contributed by atoms with Gasteiger partial charge in [-0.1, -0.05) is 0 Å². The Kier molecular flexibility index (Phi) is 6.81. The summed E-state index contributed by atoms with van der Waals surface area (Å²) in [6.07, 6.45) is 1.82. The minimum absolute atomic E-state index is 0.137. The van der Waals surface area contributed by atoms with Crippen molar-refractivity contribution in [3.63, 3.8) is 0 Å². The van der Waals surface area contributed by atoms with Crippen LogP contribution < -0.4 is 15.5 Å². The first-order valence-corrected chi connectivity index (χ1v) is 8.52. The standard InChI is InChI=1S/C17H30N6O/c1-14(21(2)3)12-19-17(24)20-13-15-5-6-18-16(11-15)23-9-7-22(4)8-10-23/h5-6,11,14H,7-10,12-13H2,1-4H3,(H2,19,20,24)/t14-/m0/s1. The maximum absolute atomic E-state index is 11.9. The van der Waals surface area contributed by atoms with Crippen molar-refractivity contribution in [1.29, 1.82) is 0 Å². The predicted octanol–water partition coefficient (Wildman–Crippen LogP) is 0.583. The molecule has 0 aromatic carbocycles. The number of urea groups is 1. The third kappa shape index (κ3) is 5.65. The van der Waals surface area contributed by atoms with Crippen LogP contribution in [-0.4, -0.2) is 80.7 Å². The topological polar surface area (TPSA) is 63.7 Å². The molecule has 134 valence electrons. The van der Waals surface area contributed by atoms with Crippen LogP contribution in [0.4, 0.5) is 10.6 Å². The largest absolute Gasteiger partial charge is 0.354 e. The molecule has 0 unspecified atom stereocenters. The van der Waals surface area contributed by atoms with Crippen LogP contribution in [0.25, 0.3) is 0 Å². The molecule has 2 amide bonds. The van der Waals surface area contributed by atoms with Crippen LogP contribution >= 0.6 is 0 Å². The Morgan fingerprint density at radius 3 is 2.67 bits per heavy atom. The summed E-state index contributed by atoms with van der Waals surface area (Å²) >= 11 is 0. The molecule has 7 heteroatoms. The lowest BCUT2D eigenvalue weighted by Gasteiger charge is -2.33. The van der Waals surface area contributed by atoms with Gasteiger partial charge < -0.3 is 25.3 Å². The predicted molar refractivity (Wildman–Crippen MR) is 97.3 cm³/mol. The number of nitrogens with zero attached hydrogens (tertiary/aromatic N) is 4. The molecule has 0 bridgehead atoms. The van der Waals surface area contributed by atoms with Gasteiger partial charge in [0.25, 0.3) is 0 Å². The Balaban J connectivity index is 1.80. The first-order chi connectivity index (χ1) is 11.5. The maximum Gasteiger partial charge on any atom is 0.315 e. The molecule has 0 saturated carbocycles. The summed E-state index contributed by atoms with van der Waals surface area (Å²) in [5.74, 6) is 0.990. The van der Waals surface area contributed by atoms with Gasteiger partial charge >= 0.3 is 6.03 Å². The Hall–Kier alpha value is -1.86. The van der Waals surface area contributed by atoms with E-state index >= 15 is 0 Å². The van der Waals surface area contributed by atoms with E-state index in [4.69, 9.17) is 0 Å². The first-order valence-electron chi connectivity index (χ1n) is 8.52. The monoisotopic (exact) mass is 334 g/mol. The molecule has 2 N–H and O–H groups in total. The molecule has 1 aliphatic rings. The smallest absolute Gasteiger partial charge is 0.315 e. The Morgan fingerprint density at radius 2 is 2.00 bits per heavy atom. The van der Waals surface area contributed by atoms with E-state index in [-0.39, 0.29) is 6.03 Å². The second-order valence-corrected chi connectivity index (χ2v) is 6.69. The van der Waals surface area contributed by atoms with Crippen LogP contribution in [-0.2, 0) is 6.54 Å². The molecule has 1 saturated heterocycles. The molecule has 2 rings (SSSR count). The third-order valence-electron chi connectivity index (χ3n) is 4.53. The number of anilines is 1. The zero-order valence-corrected chi connectivity index (χ0v) is 15.2. The summed E-state index contributed by atoms with van der Waals surface area (Å²) in [5, 5.41) is 5.80. The van der Waals surface area contributed by atoms with E-state index in [9.17, 15) is 4.79 Å². The molecular formula is C17H30N6O. The molecule has 1 aromatic heterocycles. The summed E-state index contributed by atoms with van der Waals surface area (Å²) in [7, 11) is 6.14. The average molecular weight is 334 g/mol. The lowest BCUT2D eigenvalue weighted by molar-refractivity contribution is 0.234. The molecule has 1 aromatic rings. The SMILES string of the molecule is C[C@@H](CNC(=O)NCc1ccnc(N2CCN(C)CC2)c1)N(C)C. The second kappa shape index (κ2) is 8.84. The van der Waals surface area contributed by atoms with Crippen LogP contribution in [0.2, 0.25) is 0 Å². The summed E-state index contributed by atoms with van der Waals surface area (Å²) < 4.78 is 0. The highest BCUT2D eigenvalue weighted by Crippen LogP contribution is 2.14. The van der Waals surface area contributed by atoms with Gasteiger partial charge in [0, 0.05) is 51.5 Å². The quantitative estimate of drug-likeness (QED) is 0.797. The molecule has 24 heavy (non-hydrogen) atoms. The molecule has 7 nitrogen and oxygen atoms in total. The van der Waals surface area contributed by atoms with Crippen LogP contribution in [0.15, 0.2) is 18.3 Å². The highest BCUT2D eigenvalue weighted by atomic mass is 16.2. The van der Waals surface area contributed by atoms with E-state index in [1.54, 1.807) is 0 Å². The van der Waals surface area contributed by atoms with Gasteiger partial charge in [0.15, 0.2) is 0 Å². The molecule has 0 radical (unpaired) electrons. The molecule has 1 atom stereocenters. The fourth-order valence-electron chi connectivity index (χ4n) is 2.45. The van der Waals surface area contributed by atoms with E-state index in [0.29, 0.717) is 19.1 Å². The lowest BCUT2D eigenvalue weighted by atomic mass is 10.2. The fraction of sp³-hybridized carbons (Fsp3) is 0.647. The number of carbonyl (C=O) groups excluding carboxylic acids is 1. The van der Waals surface area contributed by atoms with Gasteiger partial charge in [-0.05, 0) is 45.8 Å². The summed E-state index contributed by atoms with van der Waals surface area (Å²) in [5.41, 5.74) is 1.06. The van der Waals surface area contributed by atoms with Crippen molar-refractivity contribution >= 4 is 11.8 Å². The number of hydrogen-bond donors (Lipinski definition) is 2. The lowest BCUT2D eigenvalue weighted by Crippen LogP contribution is -2.45. The van der Waals surface area contributed by atoms with Crippen LogP contribution in [0.3, 0.4) is 0 Å². The normalized spacial score (nSPS) is 17.0. The van der Waals surface area contributed by atoms with Gasteiger partial charge in [-0.15, -0.1) is 0 Å². The molecule has 1 aliphatic heterocycles. The van der Waals surface area contributed by atoms with Crippen LogP contribution in [0.1, 0.15) is 12.5 Å². The van der Waals surface area contributed by atoms with E-state index in [1.165, 1.54) is 0 Å². The van der Waals surface area contributed by atoms with E-state index in [0.717, 1.165) is 37.6 Å².